The highest BCUT2D eigenvalue weighted by Crippen LogP contribution is 2.43. The summed E-state index contributed by atoms with van der Waals surface area (Å²) in [5.74, 6) is -0.384. The average molecular weight is 284 g/mol. The SMILES string of the molecule is CC(=O)Cc1cccc(C(F)F)c1SC(F)(F)F. The van der Waals surface area contributed by atoms with E-state index in [4.69, 9.17) is 0 Å². The van der Waals surface area contributed by atoms with Crippen molar-refractivity contribution in [1.82, 2.24) is 0 Å². The molecule has 0 unspecified atom stereocenters. The highest BCUT2D eigenvalue weighted by Gasteiger charge is 2.33. The van der Waals surface area contributed by atoms with Crippen LogP contribution in [0, 0.1) is 0 Å². The van der Waals surface area contributed by atoms with Crippen molar-refractivity contribution in [1.29, 1.82) is 0 Å². The predicted octanol–water partition coefficient (Wildman–Crippen LogP) is 4.37. The third kappa shape index (κ3) is 4.29. The Morgan fingerprint density at radius 2 is 1.94 bits per heavy atom. The molecule has 0 fully saturated rings. The van der Waals surface area contributed by atoms with Crippen molar-refractivity contribution < 1.29 is 26.7 Å². The van der Waals surface area contributed by atoms with Gasteiger partial charge < -0.3 is 0 Å². The van der Waals surface area contributed by atoms with E-state index < -0.39 is 34.2 Å². The van der Waals surface area contributed by atoms with Crippen LogP contribution in [0.5, 0.6) is 0 Å². The molecule has 0 amide bonds. The average Bonchev–Trinajstić information content (AvgIpc) is 2.17. The van der Waals surface area contributed by atoms with E-state index in [9.17, 15) is 26.7 Å². The molecule has 18 heavy (non-hydrogen) atoms. The number of carbonyl (C=O) groups is 1. The van der Waals surface area contributed by atoms with Crippen LogP contribution in [0.2, 0.25) is 0 Å². The molecule has 100 valence electrons. The molecular formula is C11H9F5OS. The van der Waals surface area contributed by atoms with Gasteiger partial charge in [-0.1, -0.05) is 18.2 Å². The molecule has 0 aromatic heterocycles. The molecular weight excluding hydrogens is 275 g/mol. The van der Waals surface area contributed by atoms with Gasteiger partial charge in [0.25, 0.3) is 6.43 Å². The minimum Gasteiger partial charge on any atom is -0.300 e. The Bertz CT molecular complexity index is 442. The fourth-order valence-electron chi connectivity index (χ4n) is 1.42. The van der Waals surface area contributed by atoms with E-state index >= 15 is 0 Å². The van der Waals surface area contributed by atoms with E-state index in [0.717, 1.165) is 6.07 Å². The van der Waals surface area contributed by atoms with Crippen molar-refractivity contribution in [2.24, 2.45) is 0 Å². The Morgan fingerprint density at radius 3 is 2.39 bits per heavy atom. The molecule has 0 saturated carbocycles. The second-order valence-corrected chi connectivity index (χ2v) is 4.64. The molecule has 1 aromatic carbocycles. The molecule has 0 bridgehead atoms. The van der Waals surface area contributed by atoms with Crippen LogP contribution in [-0.4, -0.2) is 11.3 Å². The summed E-state index contributed by atoms with van der Waals surface area (Å²) in [6, 6.07) is 3.41. The second kappa shape index (κ2) is 5.69. The van der Waals surface area contributed by atoms with Gasteiger partial charge in [0, 0.05) is 16.9 Å². The maximum Gasteiger partial charge on any atom is 0.446 e. The molecule has 0 radical (unpaired) electrons. The van der Waals surface area contributed by atoms with Gasteiger partial charge in [0.05, 0.1) is 0 Å². The zero-order chi connectivity index (χ0) is 13.9. The van der Waals surface area contributed by atoms with E-state index in [0.29, 0.717) is 0 Å². The van der Waals surface area contributed by atoms with Crippen LogP contribution in [0.4, 0.5) is 22.0 Å². The van der Waals surface area contributed by atoms with Gasteiger partial charge >= 0.3 is 5.51 Å². The van der Waals surface area contributed by atoms with Crippen LogP contribution < -0.4 is 0 Å². The lowest BCUT2D eigenvalue weighted by Crippen LogP contribution is -2.06. The van der Waals surface area contributed by atoms with E-state index in [1.807, 2.05) is 0 Å². The van der Waals surface area contributed by atoms with Crippen LogP contribution >= 0.6 is 11.8 Å². The van der Waals surface area contributed by atoms with Gasteiger partial charge in [-0.15, -0.1) is 0 Å². The normalized spacial score (nSPS) is 11.9. The largest absolute Gasteiger partial charge is 0.446 e. The Hall–Kier alpha value is -1.11. The van der Waals surface area contributed by atoms with Crippen LogP contribution in [-0.2, 0) is 11.2 Å². The van der Waals surface area contributed by atoms with E-state index in [2.05, 4.69) is 0 Å². The Balaban J connectivity index is 3.25. The molecule has 1 rings (SSSR count). The van der Waals surface area contributed by atoms with Gasteiger partial charge in [-0.05, 0) is 24.2 Å². The van der Waals surface area contributed by atoms with Crippen LogP contribution in [0.3, 0.4) is 0 Å². The Morgan fingerprint density at radius 1 is 1.33 bits per heavy atom. The summed E-state index contributed by atoms with van der Waals surface area (Å²) in [5.41, 5.74) is -5.39. The number of ketones is 1. The van der Waals surface area contributed by atoms with Crippen molar-refractivity contribution in [2.75, 3.05) is 0 Å². The fraction of sp³-hybridized carbons (Fsp3) is 0.364. The number of benzene rings is 1. The zero-order valence-corrected chi connectivity index (χ0v) is 10.0. The highest BCUT2D eigenvalue weighted by atomic mass is 32.2. The zero-order valence-electron chi connectivity index (χ0n) is 9.22. The number of hydrogen-bond acceptors (Lipinski definition) is 2. The van der Waals surface area contributed by atoms with Crippen molar-refractivity contribution >= 4 is 17.5 Å². The smallest absolute Gasteiger partial charge is 0.300 e. The van der Waals surface area contributed by atoms with Crippen molar-refractivity contribution in [3.8, 4) is 0 Å². The monoisotopic (exact) mass is 284 g/mol. The first-order valence-electron chi connectivity index (χ1n) is 4.86. The van der Waals surface area contributed by atoms with E-state index in [-0.39, 0.29) is 17.8 Å². The number of rotatable bonds is 4. The Kier molecular flexibility index (Phi) is 4.72. The van der Waals surface area contributed by atoms with Gasteiger partial charge in [-0.3, -0.25) is 4.79 Å². The standard InChI is InChI=1S/C11H9F5OS/c1-6(17)5-7-3-2-4-8(10(12)13)9(7)18-11(14,15)16/h2-4,10H,5H2,1H3. The van der Waals surface area contributed by atoms with Crippen LogP contribution in [0.15, 0.2) is 23.1 Å². The highest BCUT2D eigenvalue weighted by molar-refractivity contribution is 8.00. The minimum atomic E-state index is -4.67. The Labute approximate surface area is 104 Å². The molecule has 0 aliphatic heterocycles. The van der Waals surface area contributed by atoms with Crippen molar-refractivity contribution in [2.45, 2.75) is 30.2 Å². The van der Waals surface area contributed by atoms with E-state index in [1.54, 1.807) is 0 Å². The lowest BCUT2D eigenvalue weighted by Gasteiger charge is -2.14. The molecule has 1 nitrogen and oxygen atoms in total. The first-order valence-corrected chi connectivity index (χ1v) is 5.67. The number of Topliss-reactive ketones (excluding diaryl/α,β-unsaturated/α-hetero) is 1. The van der Waals surface area contributed by atoms with Gasteiger partial charge in [0.2, 0.25) is 0 Å². The number of alkyl halides is 5. The second-order valence-electron chi connectivity index (χ2n) is 3.56. The summed E-state index contributed by atoms with van der Waals surface area (Å²) < 4.78 is 62.3. The quantitative estimate of drug-likeness (QED) is 0.603. The van der Waals surface area contributed by atoms with Crippen LogP contribution in [0.25, 0.3) is 0 Å². The third-order valence-electron chi connectivity index (χ3n) is 2.02. The summed E-state index contributed by atoms with van der Waals surface area (Å²) in [7, 11) is 0. The summed E-state index contributed by atoms with van der Waals surface area (Å²) >= 11 is -0.608. The summed E-state index contributed by atoms with van der Waals surface area (Å²) in [6.45, 7) is 1.19. The van der Waals surface area contributed by atoms with Crippen molar-refractivity contribution in [3.63, 3.8) is 0 Å². The van der Waals surface area contributed by atoms with Gasteiger partial charge in [0.15, 0.2) is 0 Å². The molecule has 0 spiro atoms. The maximum atomic E-state index is 12.7. The first kappa shape index (κ1) is 14.9. The summed E-state index contributed by atoms with van der Waals surface area (Å²) in [5, 5.41) is 0. The molecule has 0 atom stereocenters. The molecule has 7 heteroatoms. The fourth-order valence-corrected chi connectivity index (χ4v) is 2.20. The molecule has 0 aliphatic carbocycles. The first-order chi connectivity index (χ1) is 8.20. The molecule has 0 N–H and O–H groups in total. The van der Waals surface area contributed by atoms with Gasteiger partial charge in [0.1, 0.15) is 5.78 Å². The maximum absolute atomic E-state index is 12.7. The summed E-state index contributed by atoms with van der Waals surface area (Å²) in [6.07, 6.45) is -3.30. The number of carbonyl (C=O) groups excluding carboxylic acids is 1. The topological polar surface area (TPSA) is 17.1 Å². The number of hydrogen-bond donors (Lipinski definition) is 0. The number of halogens is 5. The van der Waals surface area contributed by atoms with Gasteiger partial charge in [-0.25, -0.2) is 8.78 Å². The minimum absolute atomic E-state index is 0.0253. The van der Waals surface area contributed by atoms with Crippen molar-refractivity contribution in [3.05, 3.63) is 29.3 Å². The third-order valence-corrected chi connectivity index (χ3v) is 2.95. The van der Waals surface area contributed by atoms with Gasteiger partial charge in [-0.2, -0.15) is 13.2 Å². The predicted molar refractivity (Wildman–Crippen MR) is 57.7 cm³/mol. The van der Waals surface area contributed by atoms with E-state index in [1.165, 1.54) is 19.1 Å². The molecule has 1 aromatic rings. The molecule has 0 aliphatic rings. The molecule has 0 heterocycles. The van der Waals surface area contributed by atoms with Crippen LogP contribution in [0.1, 0.15) is 24.5 Å². The number of thioether (sulfide) groups is 1. The molecule has 0 saturated heterocycles. The summed E-state index contributed by atoms with van der Waals surface area (Å²) in [4.78, 5) is 10.4. The lowest BCUT2D eigenvalue weighted by molar-refractivity contribution is -0.116. The lowest BCUT2D eigenvalue weighted by atomic mass is 10.1.